The third-order valence-corrected chi connectivity index (χ3v) is 1.45. The first kappa shape index (κ1) is 5.63. The molecular weight excluding hydrogens is 92.1 g/mol. The predicted molar refractivity (Wildman–Crippen MR) is 29.8 cm³/mol. The lowest BCUT2D eigenvalue weighted by Gasteiger charge is -1.81. The van der Waals surface area contributed by atoms with E-state index in [1.54, 1.807) is 6.92 Å². The zero-order chi connectivity index (χ0) is 5.15. The number of allylic oxidation sites excluding steroid dienone is 1. The molecule has 0 heterocycles. The van der Waals surface area contributed by atoms with Crippen molar-refractivity contribution in [3.8, 4) is 0 Å². The highest BCUT2D eigenvalue weighted by Gasteiger charge is 1.85. The van der Waals surface area contributed by atoms with Gasteiger partial charge in [-0.2, -0.15) is 0 Å². The van der Waals surface area contributed by atoms with Crippen molar-refractivity contribution in [3.05, 3.63) is 12.2 Å². The first-order chi connectivity index (χ1) is 2.64. The lowest BCUT2D eigenvalue weighted by Crippen LogP contribution is -1.93. The van der Waals surface area contributed by atoms with Crippen molar-refractivity contribution in [1.29, 1.82) is 0 Å². The molecule has 6 heavy (non-hydrogen) atoms. The van der Waals surface area contributed by atoms with Crippen LogP contribution in [0, 0.1) is 0 Å². The minimum absolute atomic E-state index is 0.204. The quantitative estimate of drug-likeness (QED) is 0.319. The minimum atomic E-state index is 0.204. The van der Waals surface area contributed by atoms with Crippen molar-refractivity contribution in [2.75, 3.05) is 0 Å². The van der Waals surface area contributed by atoms with E-state index < -0.39 is 0 Å². The van der Waals surface area contributed by atoms with Gasteiger partial charge >= 0.3 is 0 Å². The molecular formula is C4H8OSi. The Morgan fingerprint density at radius 2 is 2.00 bits per heavy atom. The molecule has 0 aromatic heterocycles. The van der Waals surface area contributed by atoms with Crippen molar-refractivity contribution in [2.45, 2.75) is 6.92 Å². The van der Waals surface area contributed by atoms with Gasteiger partial charge in [-0.1, -0.05) is 6.58 Å². The Kier molecular flexibility index (Phi) is 1.80. The van der Waals surface area contributed by atoms with E-state index in [0.717, 1.165) is 0 Å². The molecule has 34 valence electrons. The van der Waals surface area contributed by atoms with Gasteiger partial charge in [-0.15, -0.1) is 0 Å². The molecule has 0 aliphatic rings. The van der Waals surface area contributed by atoms with Gasteiger partial charge in [-0.05, 0) is 12.5 Å². The molecule has 0 atom stereocenters. The summed E-state index contributed by atoms with van der Waals surface area (Å²) >= 11 is 0. The second-order valence-electron chi connectivity index (χ2n) is 1.34. The van der Waals surface area contributed by atoms with Crippen LogP contribution in [0.3, 0.4) is 0 Å². The summed E-state index contributed by atoms with van der Waals surface area (Å²) in [6, 6.07) is 0. The summed E-state index contributed by atoms with van der Waals surface area (Å²) in [6.45, 7) is 5.17. The molecule has 0 rings (SSSR count). The second kappa shape index (κ2) is 1.92. The molecule has 0 aromatic carbocycles. The maximum Gasteiger partial charge on any atom is 0.124 e. The summed E-state index contributed by atoms with van der Waals surface area (Å²) in [4.78, 5) is 10.1. The monoisotopic (exact) mass is 100 g/mol. The van der Waals surface area contributed by atoms with Gasteiger partial charge < -0.3 is 4.79 Å². The number of rotatable bonds is 1. The van der Waals surface area contributed by atoms with Crippen LogP contribution in [0.4, 0.5) is 0 Å². The minimum Gasteiger partial charge on any atom is -0.302 e. The lowest BCUT2D eigenvalue weighted by molar-refractivity contribution is -0.108. The van der Waals surface area contributed by atoms with Crippen LogP contribution in [0.2, 0.25) is 0 Å². The molecule has 0 aromatic rings. The van der Waals surface area contributed by atoms with E-state index >= 15 is 0 Å². The highest BCUT2D eigenvalue weighted by Crippen LogP contribution is 1.80. The molecule has 0 saturated heterocycles. The SMILES string of the molecule is C=C(C)C(=O)[SiH3]. The van der Waals surface area contributed by atoms with Crippen LogP contribution in [-0.2, 0) is 4.79 Å². The van der Waals surface area contributed by atoms with Crippen molar-refractivity contribution in [1.82, 2.24) is 0 Å². The van der Waals surface area contributed by atoms with Gasteiger partial charge in [0.25, 0.3) is 0 Å². The van der Waals surface area contributed by atoms with Crippen LogP contribution in [0.25, 0.3) is 0 Å². The highest BCUT2D eigenvalue weighted by molar-refractivity contribution is 6.62. The average molecular weight is 100 g/mol. The molecule has 0 aliphatic carbocycles. The molecule has 0 radical (unpaired) electrons. The van der Waals surface area contributed by atoms with Crippen LogP contribution in [0.1, 0.15) is 6.92 Å². The van der Waals surface area contributed by atoms with Gasteiger partial charge in [0.05, 0.1) is 10.2 Å². The van der Waals surface area contributed by atoms with Crippen LogP contribution in [-0.4, -0.2) is 15.6 Å². The Morgan fingerprint density at radius 3 is 2.00 bits per heavy atom. The maximum atomic E-state index is 10.1. The third-order valence-electron chi connectivity index (χ3n) is 0.601. The summed E-state index contributed by atoms with van der Waals surface area (Å²) in [6.07, 6.45) is 0. The van der Waals surface area contributed by atoms with E-state index in [0.29, 0.717) is 15.8 Å². The fraction of sp³-hybridized carbons (Fsp3) is 0.250. The summed E-state index contributed by atoms with van der Waals surface area (Å²) < 4.78 is 0. The lowest BCUT2D eigenvalue weighted by atomic mass is 10.4. The topological polar surface area (TPSA) is 17.1 Å². The molecule has 0 fully saturated rings. The van der Waals surface area contributed by atoms with Crippen LogP contribution < -0.4 is 0 Å². The highest BCUT2D eigenvalue weighted by atomic mass is 28.1. The maximum absolute atomic E-state index is 10.1. The third kappa shape index (κ3) is 1.90. The Bertz CT molecular complexity index is 73.5. The number of hydrogen-bond acceptors (Lipinski definition) is 1. The van der Waals surface area contributed by atoms with Gasteiger partial charge in [0.1, 0.15) is 5.41 Å². The van der Waals surface area contributed by atoms with Gasteiger partial charge in [0, 0.05) is 0 Å². The second-order valence-corrected chi connectivity index (χ2v) is 2.24. The summed E-state index contributed by atoms with van der Waals surface area (Å²) in [5.41, 5.74) is 0.682. The van der Waals surface area contributed by atoms with Gasteiger partial charge in [-0.3, -0.25) is 0 Å². The van der Waals surface area contributed by atoms with E-state index in [9.17, 15) is 4.79 Å². The first-order valence-electron chi connectivity index (χ1n) is 1.81. The Labute approximate surface area is 40.5 Å². The Morgan fingerprint density at radius 1 is 1.83 bits per heavy atom. The molecule has 2 heteroatoms. The predicted octanol–water partition coefficient (Wildman–Crippen LogP) is -0.546. The van der Waals surface area contributed by atoms with Crippen molar-refractivity contribution >= 4 is 15.6 Å². The fourth-order valence-corrected chi connectivity index (χ4v) is 0. The van der Waals surface area contributed by atoms with Gasteiger partial charge in [0.2, 0.25) is 0 Å². The number of carbonyl (C=O) groups excluding carboxylic acids is 1. The standard InChI is InChI=1S/C4H8OSi/c1-3(2)4(5)6/h1H2,2,6H3. The molecule has 0 aliphatic heterocycles. The van der Waals surface area contributed by atoms with E-state index in [1.807, 2.05) is 0 Å². The summed E-state index contributed by atoms with van der Waals surface area (Å²) in [7, 11) is 0.615. The molecule has 0 spiro atoms. The van der Waals surface area contributed by atoms with E-state index in [1.165, 1.54) is 0 Å². The van der Waals surface area contributed by atoms with Gasteiger partial charge in [0.15, 0.2) is 0 Å². The van der Waals surface area contributed by atoms with Gasteiger partial charge in [-0.25, -0.2) is 0 Å². The van der Waals surface area contributed by atoms with E-state index in [-0.39, 0.29) is 5.41 Å². The zero-order valence-corrected chi connectivity index (χ0v) is 6.12. The Hall–Kier alpha value is -0.373. The van der Waals surface area contributed by atoms with Crippen LogP contribution in [0.15, 0.2) is 12.2 Å². The number of hydrogen-bond donors (Lipinski definition) is 0. The molecule has 0 saturated carbocycles. The average Bonchev–Trinajstić information content (AvgIpc) is 1.36. The van der Waals surface area contributed by atoms with E-state index in [2.05, 4.69) is 6.58 Å². The van der Waals surface area contributed by atoms with Crippen LogP contribution in [0.5, 0.6) is 0 Å². The normalized spacial score (nSPS) is 8.17. The molecule has 0 unspecified atom stereocenters. The molecule has 0 bridgehead atoms. The molecule has 0 N–H and O–H groups in total. The van der Waals surface area contributed by atoms with Crippen molar-refractivity contribution < 1.29 is 4.79 Å². The van der Waals surface area contributed by atoms with Crippen molar-refractivity contribution in [2.24, 2.45) is 0 Å². The summed E-state index contributed by atoms with van der Waals surface area (Å²) in [5, 5.41) is 0.204. The van der Waals surface area contributed by atoms with Crippen LogP contribution >= 0.6 is 0 Å². The summed E-state index contributed by atoms with van der Waals surface area (Å²) in [5.74, 6) is 0. The molecule has 0 amide bonds. The van der Waals surface area contributed by atoms with E-state index in [4.69, 9.17) is 0 Å². The zero-order valence-electron chi connectivity index (χ0n) is 4.12. The Balaban J connectivity index is 3.57. The first-order valence-corrected chi connectivity index (χ1v) is 2.81. The smallest absolute Gasteiger partial charge is 0.124 e. The fourth-order valence-electron chi connectivity index (χ4n) is 0. The van der Waals surface area contributed by atoms with Crippen molar-refractivity contribution in [3.63, 3.8) is 0 Å². The largest absolute Gasteiger partial charge is 0.302 e. The molecule has 1 nitrogen and oxygen atoms in total. The number of carbonyl (C=O) groups is 1.